The molecule has 0 fully saturated rings. The lowest BCUT2D eigenvalue weighted by Gasteiger charge is -2.35. The number of nitrogens with zero attached hydrogens (tertiary/aromatic N) is 1. The highest BCUT2D eigenvalue weighted by atomic mass is 28.4. The van der Waals surface area contributed by atoms with Gasteiger partial charge in [0, 0.05) is 45.6 Å². The highest BCUT2D eigenvalue weighted by Crippen LogP contribution is 2.25. The molecule has 22 heavy (non-hydrogen) atoms. The average Bonchev–Trinajstić information content (AvgIpc) is 2.59. The molecule has 1 aromatic carbocycles. The minimum absolute atomic E-state index is 0.467. The molecule has 126 valence electrons. The van der Waals surface area contributed by atoms with Crippen LogP contribution in [0.15, 0.2) is 30.3 Å². The molecule has 0 aromatic heterocycles. The van der Waals surface area contributed by atoms with E-state index in [-0.39, 0.29) is 0 Å². The summed E-state index contributed by atoms with van der Waals surface area (Å²) in [5.74, 6) is 0. The number of anilines is 1. The van der Waals surface area contributed by atoms with Gasteiger partial charge in [0.15, 0.2) is 0 Å². The van der Waals surface area contributed by atoms with Crippen LogP contribution in [0.4, 0.5) is 5.69 Å². The number of benzene rings is 1. The van der Waals surface area contributed by atoms with E-state index >= 15 is 0 Å². The average molecular weight is 326 g/mol. The topological polar surface area (TPSA) is 30.9 Å². The van der Waals surface area contributed by atoms with Crippen LogP contribution in [0.1, 0.15) is 33.1 Å². The van der Waals surface area contributed by atoms with E-state index in [1.54, 1.807) is 21.3 Å². The molecule has 0 aliphatic heterocycles. The molecule has 4 nitrogen and oxygen atoms in total. The fourth-order valence-electron chi connectivity index (χ4n) is 2.86. The zero-order valence-corrected chi connectivity index (χ0v) is 15.7. The molecule has 0 heterocycles. The molecule has 0 bridgehead atoms. The quantitative estimate of drug-likeness (QED) is 0.576. The van der Waals surface area contributed by atoms with Crippen LogP contribution in [0.25, 0.3) is 0 Å². The van der Waals surface area contributed by atoms with Gasteiger partial charge in [0.05, 0.1) is 0 Å². The van der Waals surface area contributed by atoms with E-state index in [1.165, 1.54) is 5.69 Å². The van der Waals surface area contributed by atoms with Gasteiger partial charge in [-0.3, -0.25) is 0 Å². The summed E-state index contributed by atoms with van der Waals surface area (Å²) in [6.45, 7) is 5.52. The molecule has 0 spiro atoms. The summed E-state index contributed by atoms with van der Waals surface area (Å²) in [4.78, 5) is 2.50. The summed E-state index contributed by atoms with van der Waals surface area (Å²) < 4.78 is 16.7. The summed E-state index contributed by atoms with van der Waals surface area (Å²) >= 11 is 0. The molecule has 0 saturated heterocycles. The van der Waals surface area contributed by atoms with E-state index < -0.39 is 8.80 Å². The van der Waals surface area contributed by atoms with Crippen LogP contribution >= 0.6 is 0 Å². The Morgan fingerprint density at radius 1 is 1.00 bits per heavy atom. The Bertz CT molecular complexity index is 390. The van der Waals surface area contributed by atoms with Gasteiger partial charge in [0.1, 0.15) is 0 Å². The Morgan fingerprint density at radius 2 is 1.59 bits per heavy atom. The van der Waals surface area contributed by atoms with Crippen LogP contribution in [0, 0.1) is 0 Å². The van der Waals surface area contributed by atoms with Crippen LogP contribution in [0.5, 0.6) is 0 Å². The fourth-order valence-corrected chi connectivity index (χ4v) is 4.66. The van der Waals surface area contributed by atoms with Crippen LogP contribution in [0.2, 0.25) is 6.04 Å². The van der Waals surface area contributed by atoms with Gasteiger partial charge in [-0.2, -0.15) is 0 Å². The van der Waals surface area contributed by atoms with Crippen LogP contribution in [-0.4, -0.2) is 42.7 Å². The maximum atomic E-state index is 5.55. The van der Waals surface area contributed by atoms with Gasteiger partial charge in [-0.15, -0.1) is 0 Å². The normalized spacial score (nSPS) is 13.1. The van der Waals surface area contributed by atoms with Crippen molar-refractivity contribution < 1.29 is 13.3 Å². The standard InChI is InChI=1S/C17H31NO3Si/c1-6-14-18(17-11-9-8-10-12-17)16(7-2)13-15-22(19-3,20-4)21-5/h8-12,16H,6-7,13-15H2,1-5H3. The van der Waals surface area contributed by atoms with E-state index in [1.807, 2.05) is 0 Å². The molecule has 5 heteroatoms. The molecule has 0 N–H and O–H groups in total. The summed E-state index contributed by atoms with van der Waals surface area (Å²) in [5.41, 5.74) is 1.29. The van der Waals surface area contributed by atoms with Crippen LogP contribution in [0.3, 0.4) is 0 Å². The molecular weight excluding hydrogens is 294 g/mol. The predicted molar refractivity (Wildman–Crippen MR) is 94.4 cm³/mol. The van der Waals surface area contributed by atoms with Crippen molar-refractivity contribution >= 4 is 14.5 Å². The number of hydrogen-bond donors (Lipinski definition) is 0. The van der Waals surface area contributed by atoms with Crippen LogP contribution < -0.4 is 4.90 Å². The predicted octanol–water partition coefficient (Wildman–Crippen LogP) is 3.95. The maximum Gasteiger partial charge on any atom is 0.500 e. The Morgan fingerprint density at radius 3 is 2.05 bits per heavy atom. The molecule has 0 amide bonds. The lowest BCUT2D eigenvalue weighted by Crippen LogP contribution is -2.45. The first-order valence-electron chi connectivity index (χ1n) is 8.13. The molecule has 1 atom stereocenters. The van der Waals surface area contributed by atoms with E-state index in [9.17, 15) is 0 Å². The summed E-state index contributed by atoms with van der Waals surface area (Å²) in [7, 11) is 2.55. The van der Waals surface area contributed by atoms with Gasteiger partial charge in [-0.05, 0) is 31.4 Å². The van der Waals surface area contributed by atoms with Gasteiger partial charge in [-0.25, -0.2) is 0 Å². The third kappa shape index (κ3) is 5.09. The van der Waals surface area contributed by atoms with Gasteiger partial charge in [0.2, 0.25) is 0 Å². The summed E-state index contributed by atoms with van der Waals surface area (Å²) in [6.07, 6.45) is 3.23. The monoisotopic (exact) mass is 325 g/mol. The van der Waals surface area contributed by atoms with Crippen molar-refractivity contribution in [2.45, 2.75) is 45.2 Å². The zero-order chi connectivity index (χ0) is 16.4. The minimum atomic E-state index is -2.49. The van der Waals surface area contributed by atoms with Crippen molar-refractivity contribution in [3.63, 3.8) is 0 Å². The summed E-state index contributed by atoms with van der Waals surface area (Å²) in [5, 5.41) is 0. The van der Waals surface area contributed by atoms with Crippen molar-refractivity contribution in [1.29, 1.82) is 0 Å². The Labute approximate surface area is 136 Å². The fraction of sp³-hybridized carbons (Fsp3) is 0.647. The first-order valence-corrected chi connectivity index (χ1v) is 10.1. The van der Waals surface area contributed by atoms with Crippen molar-refractivity contribution in [3.05, 3.63) is 30.3 Å². The van der Waals surface area contributed by atoms with E-state index in [0.29, 0.717) is 6.04 Å². The molecule has 1 aromatic rings. The first kappa shape index (κ1) is 19.2. The highest BCUT2D eigenvalue weighted by Gasteiger charge is 2.38. The van der Waals surface area contributed by atoms with E-state index in [2.05, 4.69) is 49.1 Å². The van der Waals surface area contributed by atoms with Crippen molar-refractivity contribution in [1.82, 2.24) is 0 Å². The lowest BCUT2D eigenvalue weighted by molar-refractivity contribution is 0.122. The van der Waals surface area contributed by atoms with E-state index in [4.69, 9.17) is 13.3 Å². The number of hydrogen-bond acceptors (Lipinski definition) is 4. The lowest BCUT2D eigenvalue weighted by atomic mass is 10.1. The molecule has 0 aliphatic rings. The SMILES string of the molecule is CCCN(c1ccccc1)C(CC)CC[Si](OC)(OC)OC. The summed E-state index contributed by atoms with van der Waals surface area (Å²) in [6, 6.07) is 11.9. The molecule has 0 aliphatic carbocycles. The zero-order valence-electron chi connectivity index (χ0n) is 14.7. The van der Waals surface area contributed by atoms with Gasteiger partial charge in [-0.1, -0.05) is 32.0 Å². The molecule has 0 radical (unpaired) electrons. The van der Waals surface area contributed by atoms with Gasteiger partial charge < -0.3 is 18.2 Å². The maximum absolute atomic E-state index is 5.55. The third-order valence-electron chi connectivity index (χ3n) is 4.18. The molecular formula is C17H31NO3Si. The molecule has 0 saturated carbocycles. The second-order valence-electron chi connectivity index (χ2n) is 5.43. The number of para-hydroxylation sites is 1. The largest absolute Gasteiger partial charge is 0.500 e. The van der Waals surface area contributed by atoms with Crippen molar-refractivity contribution in [3.8, 4) is 0 Å². The van der Waals surface area contributed by atoms with Crippen molar-refractivity contribution in [2.75, 3.05) is 32.8 Å². The minimum Gasteiger partial charge on any atom is -0.377 e. The molecule has 1 rings (SSSR count). The number of rotatable bonds is 11. The van der Waals surface area contributed by atoms with Gasteiger partial charge >= 0.3 is 8.80 Å². The Kier molecular flexibility index (Phi) is 8.71. The van der Waals surface area contributed by atoms with Crippen molar-refractivity contribution in [2.24, 2.45) is 0 Å². The van der Waals surface area contributed by atoms with Gasteiger partial charge in [0.25, 0.3) is 0 Å². The second-order valence-corrected chi connectivity index (χ2v) is 8.52. The third-order valence-corrected chi connectivity index (χ3v) is 6.95. The molecule has 1 unspecified atom stereocenters. The van der Waals surface area contributed by atoms with E-state index in [0.717, 1.165) is 31.9 Å². The Balaban J connectivity index is 2.82. The highest BCUT2D eigenvalue weighted by molar-refractivity contribution is 6.60. The second kappa shape index (κ2) is 10.00. The first-order chi connectivity index (χ1) is 10.7. The smallest absolute Gasteiger partial charge is 0.377 e. The Hall–Kier alpha value is -0.883. The van der Waals surface area contributed by atoms with Crippen LogP contribution in [-0.2, 0) is 13.3 Å².